The molecule has 3 heterocycles. The molecule has 0 unspecified atom stereocenters. The Hall–Kier alpha value is -2.14. The minimum absolute atomic E-state index is 0. The summed E-state index contributed by atoms with van der Waals surface area (Å²) in [6.45, 7) is 6.62. The van der Waals surface area contributed by atoms with Crippen LogP contribution in [0.15, 0.2) is 47.7 Å². The molecule has 0 aliphatic carbocycles. The summed E-state index contributed by atoms with van der Waals surface area (Å²) in [6, 6.07) is 10.3. The molecule has 2 saturated heterocycles. The maximum Gasteiger partial charge on any atom is 0.236 e. The van der Waals surface area contributed by atoms with E-state index in [0.717, 1.165) is 63.8 Å². The van der Waals surface area contributed by atoms with Crippen LogP contribution in [-0.4, -0.2) is 89.2 Å². The predicted molar refractivity (Wildman–Crippen MR) is 133 cm³/mol. The van der Waals surface area contributed by atoms with E-state index in [1.165, 1.54) is 5.56 Å². The molecule has 2 fully saturated rings. The highest BCUT2D eigenvalue weighted by molar-refractivity contribution is 14.0. The van der Waals surface area contributed by atoms with E-state index in [1.807, 2.05) is 41.0 Å². The first-order valence-electron chi connectivity index (χ1n) is 10.8. The molecule has 2 aliphatic rings. The van der Waals surface area contributed by atoms with Gasteiger partial charge < -0.3 is 15.1 Å². The topological polar surface area (TPSA) is 69.0 Å². The van der Waals surface area contributed by atoms with E-state index in [4.69, 9.17) is 0 Å². The number of aromatic nitrogens is 2. The number of carbonyl (C=O) groups is 1. The summed E-state index contributed by atoms with van der Waals surface area (Å²) in [7, 11) is 1.83. The SMILES string of the molecule is CN=C(NCc1cccc(-n2cccn2)c1)N1CCN(CC(=O)N2CCCC2)CC1.I. The summed E-state index contributed by atoms with van der Waals surface area (Å²) < 4.78 is 1.86. The van der Waals surface area contributed by atoms with Crippen LogP contribution in [0, 0.1) is 0 Å². The molecule has 0 saturated carbocycles. The van der Waals surface area contributed by atoms with Crippen LogP contribution in [0.2, 0.25) is 0 Å². The van der Waals surface area contributed by atoms with Gasteiger partial charge in [0, 0.05) is 65.3 Å². The number of rotatable bonds is 5. The molecule has 8 nitrogen and oxygen atoms in total. The van der Waals surface area contributed by atoms with Crippen molar-refractivity contribution in [1.29, 1.82) is 0 Å². The van der Waals surface area contributed by atoms with Gasteiger partial charge in [0.05, 0.1) is 12.2 Å². The minimum Gasteiger partial charge on any atom is -0.352 e. The number of amides is 1. The highest BCUT2D eigenvalue weighted by atomic mass is 127. The molecule has 168 valence electrons. The van der Waals surface area contributed by atoms with Crippen LogP contribution in [0.5, 0.6) is 0 Å². The zero-order chi connectivity index (χ0) is 20.8. The number of benzene rings is 1. The smallest absolute Gasteiger partial charge is 0.236 e. The van der Waals surface area contributed by atoms with Crippen molar-refractivity contribution in [3.63, 3.8) is 0 Å². The van der Waals surface area contributed by atoms with Crippen molar-refractivity contribution in [3.8, 4) is 5.69 Å². The Morgan fingerprint density at radius 1 is 1.06 bits per heavy atom. The summed E-state index contributed by atoms with van der Waals surface area (Å²) in [4.78, 5) is 23.4. The van der Waals surface area contributed by atoms with Gasteiger partial charge in [-0.1, -0.05) is 12.1 Å². The van der Waals surface area contributed by atoms with Crippen molar-refractivity contribution in [3.05, 3.63) is 48.3 Å². The molecular weight excluding hydrogens is 505 g/mol. The van der Waals surface area contributed by atoms with E-state index < -0.39 is 0 Å². The van der Waals surface area contributed by atoms with Gasteiger partial charge in [-0.2, -0.15) is 5.10 Å². The van der Waals surface area contributed by atoms with Crippen molar-refractivity contribution in [2.24, 2.45) is 4.99 Å². The van der Waals surface area contributed by atoms with Gasteiger partial charge >= 0.3 is 0 Å². The molecular formula is C22H32IN7O. The van der Waals surface area contributed by atoms with Gasteiger partial charge in [-0.25, -0.2) is 4.68 Å². The van der Waals surface area contributed by atoms with Crippen molar-refractivity contribution in [2.45, 2.75) is 19.4 Å². The minimum atomic E-state index is 0. The number of hydrogen-bond donors (Lipinski definition) is 1. The average molecular weight is 537 g/mol. The molecule has 1 aromatic heterocycles. The van der Waals surface area contributed by atoms with Gasteiger partial charge in [-0.15, -0.1) is 24.0 Å². The number of nitrogens with one attached hydrogen (secondary N) is 1. The molecule has 1 amide bonds. The number of hydrogen-bond acceptors (Lipinski definition) is 4. The predicted octanol–water partition coefficient (Wildman–Crippen LogP) is 1.81. The van der Waals surface area contributed by atoms with E-state index >= 15 is 0 Å². The van der Waals surface area contributed by atoms with E-state index in [1.54, 1.807) is 6.20 Å². The van der Waals surface area contributed by atoms with Gasteiger partial charge in [0.25, 0.3) is 0 Å². The highest BCUT2D eigenvalue weighted by Gasteiger charge is 2.24. The fourth-order valence-corrected chi connectivity index (χ4v) is 4.12. The normalized spacial score (nSPS) is 17.5. The van der Waals surface area contributed by atoms with Gasteiger partial charge in [-0.3, -0.25) is 14.7 Å². The Bertz CT molecular complexity index is 857. The molecule has 1 aromatic carbocycles. The highest BCUT2D eigenvalue weighted by Crippen LogP contribution is 2.11. The zero-order valence-electron chi connectivity index (χ0n) is 18.1. The number of likely N-dealkylation sites (tertiary alicyclic amines) is 1. The van der Waals surface area contributed by atoms with E-state index in [-0.39, 0.29) is 29.9 Å². The Kier molecular flexibility index (Phi) is 8.70. The Morgan fingerprint density at radius 2 is 1.84 bits per heavy atom. The van der Waals surface area contributed by atoms with E-state index in [9.17, 15) is 4.79 Å². The number of nitrogens with zero attached hydrogens (tertiary/aromatic N) is 6. The third kappa shape index (κ3) is 6.19. The van der Waals surface area contributed by atoms with Crippen molar-refractivity contribution in [2.75, 3.05) is 52.9 Å². The van der Waals surface area contributed by atoms with Crippen LogP contribution in [0.25, 0.3) is 5.69 Å². The monoisotopic (exact) mass is 537 g/mol. The molecule has 9 heteroatoms. The fraction of sp³-hybridized carbons (Fsp3) is 0.500. The number of piperazine rings is 1. The largest absolute Gasteiger partial charge is 0.352 e. The molecule has 1 N–H and O–H groups in total. The number of guanidine groups is 1. The number of carbonyl (C=O) groups excluding carboxylic acids is 1. The van der Waals surface area contributed by atoms with Crippen LogP contribution in [0.3, 0.4) is 0 Å². The Balaban J connectivity index is 0.00000272. The van der Waals surface area contributed by atoms with Gasteiger partial charge in [0.1, 0.15) is 0 Å². The quantitative estimate of drug-likeness (QED) is 0.358. The second-order valence-electron chi connectivity index (χ2n) is 7.87. The lowest BCUT2D eigenvalue weighted by atomic mass is 10.2. The van der Waals surface area contributed by atoms with Crippen molar-refractivity contribution >= 4 is 35.8 Å². The summed E-state index contributed by atoms with van der Waals surface area (Å²) in [6.07, 6.45) is 6.02. The second kappa shape index (κ2) is 11.5. The maximum absolute atomic E-state index is 12.4. The molecule has 2 aromatic rings. The van der Waals surface area contributed by atoms with Crippen LogP contribution in [0.1, 0.15) is 18.4 Å². The van der Waals surface area contributed by atoms with Crippen LogP contribution in [0.4, 0.5) is 0 Å². The van der Waals surface area contributed by atoms with Gasteiger partial charge in [0.15, 0.2) is 5.96 Å². The molecule has 4 rings (SSSR count). The first-order chi connectivity index (χ1) is 14.7. The second-order valence-corrected chi connectivity index (χ2v) is 7.87. The van der Waals surface area contributed by atoms with E-state index in [0.29, 0.717) is 13.1 Å². The van der Waals surface area contributed by atoms with Crippen molar-refractivity contribution < 1.29 is 4.79 Å². The molecule has 0 atom stereocenters. The molecule has 0 bridgehead atoms. The molecule has 2 aliphatic heterocycles. The third-order valence-corrected chi connectivity index (χ3v) is 5.83. The standard InChI is InChI=1S/C22H31N7O.HI/c1-23-22(24-17-19-6-4-7-20(16-19)29-11-5-8-25-29)28-14-12-26(13-15-28)18-21(30)27-9-2-3-10-27;/h4-8,11,16H,2-3,9-10,12-15,17-18H2,1H3,(H,23,24);1H. The first kappa shape index (κ1) is 23.5. The van der Waals surface area contributed by atoms with Crippen LogP contribution < -0.4 is 5.32 Å². The van der Waals surface area contributed by atoms with Crippen LogP contribution in [-0.2, 0) is 11.3 Å². The number of halogens is 1. The first-order valence-corrected chi connectivity index (χ1v) is 10.8. The third-order valence-electron chi connectivity index (χ3n) is 5.83. The average Bonchev–Trinajstić information content (AvgIpc) is 3.50. The summed E-state index contributed by atoms with van der Waals surface area (Å²) >= 11 is 0. The van der Waals surface area contributed by atoms with E-state index in [2.05, 4.69) is 37.3 Å². The molecule has 0 radical (unpaired) electrons. The van der Waals surface area contributed by atoms with Gasteiger partial charge in [0.2, 0.25) is 5.91 Å². The summed E-state index contributed by atoms with van der Waals surface area (Å²) in [5.74, 6) is 1.19. The molecule has 0 spiro atoms. The Morgan fingerprint density at radius 3 is 2.52 bits per heavy atom. The summed E-state index contributed by atoms with van der Waals surface area (Å²) in [5, 5.41) is 7.78. The van der Waals surface area contributed by atoms with Crippen molar-refractivity contribution in [1.82, 2.24) is 29.8 Å². The Labute approximate surface area is 201 Å². The molecule has 31 heavy (non-hydrogen) atoms. The van der Waals surface area contributed by atoms with Crippen LogP contribution >= 0.6 is 24.0 Å². The number of aliphatic imine (C=N–C) groups is 1. The lowest BCUT2D eigenvalue weighted by Gasteiger charge is -2.36. The maximum atomic E-state index is 12.4. The summed E-state index contributed by atoms with van der Waals surface area (Å²) in [5.41, 5.74) is 2.23. The lowest BCUT2D eigenvalue weighted by molar-refractivity contribution is -0.131. The fourth-order valence-electron chi connectivity index (χ4n) is 4.12. The lowest BCUT2D eigenvalue weighted by Crippen LogP contribution is -2.54. The zero-order valence-corrected chi connectivity index (χ0v) is 20.4. The van der Waals surface area contributed by atoms with Gasteiger partial charge in [-0.05, 0) is 36.6 Å².